The fourth-order valence-electron chi connectivity index (χ4n) is 1.53. The van der Waals surface area contributed by atoms with Crippen LogP contribution in [0.3, 0.4) is 0 Å². The van der Waals surface area contributed by atoms with E-state index >= 15 is 0 Å². The summed E-state index contributed by atoms with van der Waals surface area (Å²) in [5.41, 5.74) is 5.73. The minimum Gasteiger partial charge on any atom is -0.336 e. The molecule has 3 nitrogen and oxygen atoms in total. The average molecular weight is 233 g/mol. The molecule has 0 spiro atoms. The monoisotopic (exact) mass is 232 g/mol. The van der Waals surface area contributed by atoms with Crippen LogP contribution in [0.1, 0.15) is 16.1 Å². The van der Waals surface area contributed by atoms with E-state index in [1.54, 1.807) is 0 Å². The van der Waals surface area contributed by atoms with Crippen LogP contribution in [0, 0.1) is 0 Å². The Morgan fingerprint density at radius 1 is 1.64 bits per heavy atom. The van der Waals surface area contributed by atoms with Crippen LogP contribution in [-0.2, 0) is 0 Å². The van der Waals surface area contributed by atoms with E-state index in [0.29, 0.717) is 6.54 Å². The summed E-state index contributed by atoms with van der Waals surface area (Å²) in [7, 11) is 0. The number of halogens is 1. The highest BCUT2D eigenvalue weighted by atomic mass is 35.5. The van der Waals surface area contributed by atoms with Gasteiger partial charge in [-0.3, -0.25) is 4.79 Å². The van der Waals surface area contributed by atoms with Gasteiger partial charge >= 0.3 is 0 Å². The lowest BCUT2D eigenvalue weighted by Crippen LogP contribution is -2.31. The van der Waals surface area contributed by atoms with Crippen LogP contribution in [0.4, 0.5) is 0 Å². The molecule has 1 aliphatic heterocycles. The van der Waals surface area contributed by atoms with Gasteiger partial charge in [-0.05, 0) is 17.9 Å². The molecular weight excluding hydrogens is 220 g/mol. The van der Waals surface area contributed by atoms with Crippen molar-refractivity contribution in [2.24, 2.45) is 5.73 Å². The smallest absolute Gasteiger partial charge is 0.263 e. The fraction of sp³-hybridized carbons (Fsp3) is 0.444. The highest BCUT2D eigenvalue weighted by Crippen LogP contribution is 2.15. The van der Waals surface area contributed by atoms with Gasteiger partial charge in [-0.15, -0.1) is 23.7 Å². The summed E-state index contributed by atoms with van der Waals surface area (Å²) >= 11 is 1.49. The largest absolute Gasteiger partial charge is 0.336 e. The first kappa shape index (κ1) is 11.5. The van der Waals surface area contributed by atoms with Crippen molar-refractivity contribution in [3.05, 3.63) is 22.4 Å². The number of hydrogen-bond acceptors (Lipinski definition) is 3. The van der Waals surface area contributed by atoms with Crippen molar-refractivity contribution < 1.29 is 4.79 Å². The summed E-state index contributed by atoms with van der Waals surface area (Å²) in [6.45, 7) is 1.51. The van der Waals surface area contributed by atoms with Crippen molar-refractivity contribution in [1.29, 1.82) is 0 Å². The second kappa shape index (κ2) is 4.77. The zero-order valence-electron chi connectivity index (χ0n) is 7.68. The normalized spacial score (nSPS) is 20.6. The molecule has 0 aromatic carbocycles. The van der Waals surface area contributed by atoms with E-state index < -0.39 is 0 Å². The Morgan fingerprint density at radius 2 is 2.43 bits per heavy atom. The summed E-state index contributed by atoms with van der Waals surface area (Å²) in [4.78, 5) is 14.4. The minimum atomic E-state index is 0. The molecule has 78 valence electrons. The summed E-state index contributed by atoms with van der Waals surface area (Å²) in [6, 6.07) is 3.92. The van der Waals surface area contributed by atoms with Crippen molar-refractivity contribution in [3.63, 3.8) is 0 Å². The van der Waals surface area contributed by atoms with Gasteiger partial charge < -0.3 is 10.6 Å². The van der Waals surface area contributed by atoms with Crippen LogP contribution >= 0.6 is 23.7 Å². The lowest BCUT2D eigenvalue weighted by molar-refractivity contribution is 0.0795. The Morgan fingerprint density at radius 3 is 2.93 bits per heavy atom. The fourth-order valence-corrected chi connectivity index (χ4v) is 2.22. The Kier molecular flexibility index (Phi) is 3.92. The highest BCUT2D eigenvalue weighted by Gasteiger charge is 2.24. The first-order valence-corrected chi connectivity index (χ1v) is 5.23. The molecular formula is C9H13ClN2OS. The number of carbonyl (C=O) groups excluding carboxylic acids is 1. The third-order valence-electron chi connectivity index (χ3n) is 2.24. The summed E-state index contributed by atoms with van der Waals surface area (Å²) in [5, 5.41) is 1.92. The van der Waals surface area contributed by atoms with Gasteiger partial charge in [0.15, 0.2) is 0 Å². The van der Waals surface area contributed by atoms with Crippen LogP contribution in [0.2, 0.25) is 0 Å². The average Bonchev–Trinajstić information content (AvgIpc) is 2.72. The van der Waals surface area contributed by atoms with E-state index in [9.17, 15) is 4.79 Å². The topological polar surface area (TPSA) is 46.3 Å². The molecule has 1 unspecified atom stereocenters. The van der Waals surface area contributed by atoms with Crippen LogP contribution in [0.25, 0.3) is 0 Å². The van der Waals surface area contributed by atoms with Gasteiger partial charge in [0, 0.05) is 19.1 Å². The van der Waals surface area contributed by atoms with E-state index in [0.717, 1.165) is 17.8 Å². The Labute approximate surface area is 93.3 Å². The number of carbonyl (C=O) groups is 1. The maximum atomic E-state index is 11.7. The third-order valence-corrected chi connectivity index (χ3v) is 3.10. The second-order valence-electron chi connectivity index (χ2n) is 3.28. The van der Waals surface area contributed by atoms with Gasteiger partial charge in [-0.25, -0.2) is 0 Å². The van der Waals surface area contributed by atoms with E-state index in [2.05, 4.69) is 0 Å². The molecule has 14 heavy (non-hydrogen) atoms. The molecule has 1 saturated heterocycles. The van der Waals surface area contributed by atoms with Crippen molar-refractivity contribution >= 4 is 29.7 Å². The molecule has 0 saturated carbocycles. The highest BCUT2D eigenvalue weighted by molar-refractivity contribution is 7.12. The van der Waals surface area contributed by atoms with Crippen molar-refractivity contribution in [1.82, 2.24) is 4.90 Å². The van der Waals surface area contributed by atoms with E-state index in [-0.39, 0.29) is 24.4 Å². The number of amides is 1. The minimum absolute atomic E-state index is 0. The maximum absolute atomic E-state index is 11.7. The van der Waals surface area contributed by atoms with Gasteiger partial charge in [-0.1, -0.05) is 6.07 Å². The third kappa shape index (κ3) is 2.26. The Hall–Kier alpha value is -0.580. The lowest BCUT2D eigenvalue weighted by atomic mass is 10.3. The number of rotatable bonds is 1. The quantitative estimate of drug-likeness (QED) is 0.795. The van der Waals surface area contributed by atoms with E-state index in [1.807, 2.05) is 22.4 Å². The lowest BCUT2D eigenvalue weighted by Gasteiger charge is -2.13. The number of nitrogens with zero attached hydrogens (tertiary/aromatic N) is 1. The molecule has 1 fully saturated rings. The SMILES string of the molecule is Cl.NC1CCN(C(=O)c2cccs2)C1. The first-order chi connectivity index (χ1) is 6.27. The summed E-state index contributed by atoms with van der Waals surface area (Å²) < 4.78 is 0. The first-order valence-electron chi connectivity index (χ1n) is 4.36. The molecule has 5 heteroatoms. The predicted octanol–water partition coefficient (Wildman–Crippen LogP) is 1.34. The second-order valence-corrected chi connectivity index (χ2v) is 4.22. The molecule has 2 N–H and O–H groups in total. The molecule has 2 heterocycles. The molecule has 0 radical (unpaired) electrons. The van der Waals surface area contributed by atoms with Gasteiger partial charge in [0.2, 0.25) is 0 Å². The maximum Gasteiger partial charge on any atom is 0.263 e. The van der Waals surface area contributed by atoms with Crippen LogP contribution in [0.5, 0.6) is 0 Å². The zero-order chi connectivity index (χ0) is 9.26. The van der Waals surface area contributed by atoms with Crippen molar-refractivity contribution in [2.75, 3.05) is 13.1 Å². The summed E-state index contributed by atoms with van der Waals surface area (Å²) in [5.74, 6) is 0.128. The Balaban J connectivity index is 0.000000980. The van der Waals surface area contributed by atoms with Crippen LogP contribution < -0.4 is 5.73 Å². The number of likely N-dealkylation sites (tertiary alicyclic amines) is 1. The molecule has 1 aliphatic rings. The number of thiophene rings is 1. The molecule has 1 amide bonds. The molecule has 2 rings (SSSR count). The predicted molar refractivity (Wildman–Crippen MR) is 60.1 cm³/mol. The van der Waals surface area contributed by atoms with Gasteiger partial charge in [0.1, 0.15) is 0 Å². The van der Waals surface area contributed by atoms with Gasteiger partial charge in [0.25, 0.3) is 5.91 Å². The molecule has 1 aromatic rings. The van der Waals surface area contributed by atoms with Crippen molar-refractivity contribution in [3.8, 4) is 0 Å². The number of nitrogens with two attached hydrogens (primary N) is 1. The Bertz CT molecular complexity index is 302. The van der Waals surface area contributed by atoms with Crippen LogP contribution in [0.15, 0.2) is 17.5 Å². The van der Waals surface area contributed by atoms with Gasteiger partial charge in [-0.2, -0.15) is 0 Å². The standard InChI is InChI=1S/C9H12N2OS.ClH/c10-7-3-4-11(6-7)9(12)8-2-1-5-13-8;/h1-2,5,7H,3-4,6,10H2;1H. The number of hydrogen-bond donors (Lipinski definition) is 1. The van der Waals surface area contributed by atoms with E-state index in [4.69, 9.17) is 5.73 Å². The molecule has 1 atom stereocenters. The van der Waals surface area contributed by atoms with Crippen molar-refractivity contribution in [2.45, 2.75) is 12.5 Å². The van der Waals surface area contributed by atoms with Gasteiger partial charge in [0.05, 0.1) is 4.88 Å². The molecule has 0 bridgehead atoms. The van der Waals surface area contributed by atoms with Crippen LogP contribution in [-0.4, -0.2) is 29.9 Å². The molecule has 0 aliphatic carbocycles. The van der Waals surface area contributed by atoms with E-state index in [1.165, 1.54) is 11.3 Å². The summed E-state index contributed by atoms with van der Waals surface area (Å²) in [6.07, 6.45) is 0.928. The zero-order valence-corrected chi connectivity index (χ0v) is 9.31. The molecule has 1 aromatic heterocycles.